The highest BCUT2D eigenvalue weighted by molar-refractivity contribution is 5.94. The standard InChI is InChI=1S/C20H24N6O3/c1-12-6-8-17(9-7-12)11-24-15(4)19(13(2)23-24)22-20(27)16(5)25-14(3)18(10-21-25)26(28)29/h6-10,16H,11H2,1-5H3,(H,22,27). The molecule has 0 fully saturated rings. The quantitative estimate of drug-likeness (QED) is 0.507. The Balaban J connectivity index is 1.79. The molecule has 1 unspecified atom stereocenters. The number of aromatic nitrogens is 4. The number of nitrogens with one attached hydrogen (secondary N) is 1. The van der Waals surface area contributed by atoms with Crippen LogP contribution in [0.4, 0.5) is 11.4 Å². The number of carbonyl (C=O) groups is 1. The topological polar surface area (TPSA) is 108 Å². The van der Waals surface area contributed by atoms with Gasteiger partial charge >= 0.3 is 5.69 Å². The molecule has 0 saturated heterocycles. The van der Waals surface area contributed by atoms with Gasteiger partial charge < -0.3 is 5.32 Å². The lowest BCUT2D eigenvalue weighted by molar-refractivity contribution is -0.385. The van der Waals surface area contributed by atoms with Crippen LogP contribution in [0.5, 0.6) is 0 Å². The number of anilines is 1. The normalized spacial score (nSPS) is 12.0. The van der Waals surface area contributed by atoms with Crippen molar-refractivity contribution in [3.63, 3.8) is 0 Å². The molecule has 0 spiro atoms. The SMILES string of the molecule is Cc1ccc(Cn2nc(C)c(NC(=O)C(C)n3ncc([N+](=O)[O-])c3C)c2C)cc1. The van der Waals surface area contributed by atoms with Gasteiger partial charge in [0.2, 0.25) is 5.91 Å². The highest BCUT2D eigenvalue weighted by Crippen LogP contribution is 2.24. The maximum atomic E-state index is 12.8. The Morgan fingerprint density at radius 2 is 1.83 bits per heavy atom. The molecule has 0 aliphatic heterocycles. The molecule has 9 nitrogen and oxygen atoms in total. The third kappa shape index (κ3) is 4.03. The number of nitrogens with zero attached hydrogens (tertiary/aromatic N) is 5. The van der Waals surface area contributed by atoms with Crippen LogP contribution >= 0.6 is 0 Å². The molecule has 29 heavy (non-hydrogen) atoms. The fourth-order valence-electron chi connectivity index (χ4n) is 3.22. The molecule has 0 saturated carbocycles. The maximum absolute atomic E-state index is 12.8. The van der Waals surface area contributed by atoms with Crippen molar-refractivity contribution in [2.45, 2.75) is 47.2 Å². The average molecular weight is 396 g/mol. The maximum Gasteiger partial charge on any atom is 0.309 e. The van der Waals surface area contributed by atoms with Gasteiger partial charge in [-0.2, -0.15) is 10.2 Å². The van der Waals surface area contributed by atoms with Crippen molar-refractivity contribution in [1.29, 1.82) is 0 Å². The molecule has 9 heteroatoms. The summed E-state index contributed by atoms with van der Waals surface area (Å²) in [5.74, 6) is -0.313. The van der Waals surface area contributed by atoms with E-state index in [2.05, 4.69) is 39.8 Å². The van der Waals surface area contributed by atoms with Crippen LogP contribution in [0.3, 0.4) is 0 Å². The van der Waals surface area contributed by atoms with Gasteiger partial charge in [-0.25, -0.2) is 0 Å². The summed E-state index contributed by atoms with van der Waals surface area (Å²) < 4.78 is 3.21. The van der Waals surface area contributed by atoms with Gasteiger partial charge in [-0.3, -0.25) is 24.3 Å². The molecule has 3 aromatic rings. The Hall–Kier alpha value is -3.49. The zero-order chi connectivity index (χ0) is 21.3. The van der Waals surface area contributed by atoms with Crippen LogP contribution in [-0.2, 0) is 11.3 Å². The van der Waals surface area contributed by atoms with Gasteiger partial charge in [0.25, 0.3) is 0 Å². The van der Waals surface area contributed by atoms with E-state index in [0.717, 1.165) is 17.5 Å². The van der Waals surface area contributed by atoms with E-state index in [1.807, 2.05) is 25.5 Å². The van der Waals surface area contributed by atoms with E-state index in [4.69, 9.17) is 0 Å². The predicted molar refractivity (Wildman–Crippen MR) is 109 cm³/mol. The fraction of sp³-hybridized carbons (Fsp3) is 0.350. The first-order valence-corrected chi connectivity index (χ1v) is 9.28. The molecule has 152 valence electrons. The summed E-state index contributed by atoms with van der Waals surface area (Å²) in [6.45, 7) is 9.60. The van der Waals surface area contributed by atoms with Gasteiger partial charge in [-0.1, -0.05) is 29.8 Å². The Morgan fingerprint density at radius 1 is 1.17 bits per heavy atom. The monoisotopic (exact) mass is 396 g/mol. The first-order chi connectivity index (χ1) is 13.7. The average Bonchev–Trinajstić information content (AvgIpc) is 3.18. The summed E-state index contributed by atoms with van der Waals surface area (Å²) in [5.41, 5.74) is 4.73. The lowest BCUT2D eigenvalue weighted by Crippen LogP contribution is -2.25. The Bertz CT molecular complexity index is 1060. The van der Waals surface area contributed by atoms with E-state index in [9.17, 15) is 14.9 Å². The number of hydrogen-bond acceptors (Lipinski definition) is 5. The molecular weight excluding hydrogens is 372 g/mol. The third-order valence-electron chi connectivity index (χ3n) is 5.04. The van der Waals surface area contributed by atoms with Crippen LogP contribution in [0.15, 0.2) is 30.5 Å². The second-order valence-corrected chi connectivity index (χ2v) is 7.17. The van der Waals surface area contributed by atoms with Crippen molar-refractivity contribution in [1.82, 2.24) is 19.6 Å². The summed E-state index contributed by atoms with van der Waals surface area (Å²) in [6, 6.07) is 7.51. The molecule has 0 aliphatic carbocycles. The van der Waals surface area contributed by atoms with E-state index in [1.54, 1.807) is 13.8 Å². The summed E-state index contributed by atoms with van der Waals surface area (Å²) >= 11 is 0. The molecule has 1 N–H and O–H groups in total. The third-order valence-corrected chi connectivity index (χ3v) is 5.04. The van der Waals surface area contributed by atoms with E-state index >= 15 is 0 Å². The van der Waals surface area contributed by atoms with Gasteiger partial charge in [-0.15, -0.1) is 0 Å². The van der Waals surface area contributed by atoms with Crippen LogP contribution in [0.1, 0.15) is 41.2 Å². The second kappa shape index (κ2) is 7.86. The van der Waals surface area contributed by atoms with Crippen LogP contribution in [0.2, 0.25) is 0 Å². The van der Waals surface area contributed by atoms with Crippen molar-refractivity contribution >= 4 is 17.3 Å². The van der Waals surface area contributed by atoms with E-state index in [1.165, 1.54) is 10.2 Å². The molecule has 0 aliphatic rings. The molecule has 1 aromatic carbocycles. The lowest BCUT2D eigenvalue weighted by atomic mass is 10.1. The number of benzene rings is 1. The zero-order valence-corrected chi connectivity index (χ0v) is 17.1. The second-order valence-electron chi connectivity index (χ2n) is 7.17. The van der Waals surface area contributed by atoms with Gasteiger partial charge in [0, 0.05) is 0 Å². The molecule has 1 amide bonds. The minimum Gasteiger partial charge on any atom is -0.321 e. The molecule has 2 aromatic heterocycles. The van der Waals surface area contributed by atoms with Gasteiger partial charge in [-0.05, 0) is 40.2 Å². The first-order valence-electron chi connectivity index (χ1n) is 9.28. The van der Waals surface area contributed by atoms with Crippen LogP contribution in [0, 0.1) is 37.8 Å². The highest BCUT2D eigenvalue weighted by atomic mass is 16.6. The minimum atomic E-state index is -0.706. The predicted octanol–water partition coefficient (Wildman–Crippen LogP) is 3.47. The van der Waals surface area contributed by atoms with Crippen molar-refractivity contribution in [3.8, 4) is 0 Å². The number of aryl methyl sites for hydroxylation is 2. The van der Waals surface area contributed by atoms with Crippen LogP contribution < -0.4 is 5.32 Å². The molecule has 2 heterocycles. The molecule has 0 radical (unpaired) electrons. The number of rotatable bonds is 6. The van der Waals surface area contributed by atoms with E-state index < -0.39 is 11.0 Å². The van der Waals surface area contributed by atoms with Crippen molar-refractivity contribution < 1.29 is 9.72 Å². The van der Waals surface area contributed by atoms with Gasteiger partial charge in [0.1, 0.15) is 17.9 Å². The minimum absolute atomic E-state index is 0.108. The highest BCUT2D eigenvalue weighted by Gasteiger charge is 2.25. The first kappa shape index (κ1) is 20.2. The summed E-state index contributed by atoms with van der Waals surface area (Å²) in [7, 11) is 0. The van der Waals surface area contributed by atoms with E-state index in [-0.39, 0.29) is 11.6 Å². The molecule has 1 atom stereocenters. The van der Waals surface area contributed by atoms with Crippen molar-refractivity contribution in [2.24, 2.45) is 0 Å². The fourth-order valence-corrected chi connectivity index (χ4v) is 3.22. The number of hydrogen-bond donors (Lipinski definition) is 1. The summed E-state index contributed by atoms with van der Waals surface area (Å²) in [6.07, 6.45) is 1.16. The molecular formula is C20H24N6O3. The van der Waals surface area contributed by atoms with Crippen molar-refractivity contribution in [2.75, 3.05) is 5.32 Å². The Labute approximate surface area is 168 Å². The number of carbonyl (C=O) groups excluding carboxylic acids is 1. The molecule has 3 rings (SSSR count). The summed E-state index contributed by atoms with van der Waals surface area (Å²) in [5, 5.41) is 22.5. The lowest BCUT2D eigenvalue weighted by Gasteiger charge is -2.14. The largest absolute Gasteiger partial charge is 0.321 e. The van der Waals surface area contributed by atoms with Crippen LogP contribution in [-0.4, -0.2) is 30.4 Å². The Morgan fingerprint density at radius 3 is 2.41 bits per heavy atom. The zero-order valence-electron chi connectivity index (χ0n) is 17.1. The number of amides is 1. The van der Waals surface area contributed by atoms with Crippen molar-refractivity contribution in [3.05, 3.63) is 68.8 Å². The van der Waals surface area contributed by atoms with Gasteiger partial charge in [0.05, 0.1) is 28.5 Å². The number of nitro groups is 1. The smallest absolute Gasteiger partial charge is 0.309 e. The molecule has 0 bridgehead atoms. The van der Waals surface area contributed by atoms with E-state index in [0.29, 0.717) is 23.6 Å². The van der Waals surface area contributed by atoms with Gasteiger partial charge in [0.15, 0.2) is 0 Å². The van der Waals surface area contributed by atoms with Crippen LogP contribution in [0.25, 0.3) is 0 Å². The Kier molecular flexibility index (Phi) is 5.49. The summed E-state index contributed by atoms with van der Waals surface area (Å²) in [4.78, 5) is 23.3.